The molecule has 3 amide bonds. The van der Waals surface area contributed by atoms with Gasteiger partial charge in [0.25, 0.3) is 0 Å². The lowest BCUT2D eigenvalue weighted by Gasteiger charge is -2.34. The van der Waals surface area contributed by atoms with E-state index < -0.39 is 22.0 Å². The summed E-state index contributed by atoms with van der Waals surface area (Å²) in [5.41, 5.74) is 0.288. The van der Waals surface area contributed by atoms with Gasteiger partial charge in [0.2, 0.25) is 27.7 Å². The fourth-order valence-corrected chi connectivity index (χ4v) is 5.80. The second-order valence-corrected chi connectivity index (χ2v) is 10.6. The molecule has 188 valence electrons. The van der Waals surface area contributed by atoms with E-state index in [4.69, 9.17) is 16.3 Å². The number of nitrogens with zero attached hydrogens (tertiary/aromatic N) is 2. The maximum Gasteiger partial charge on any atom is 0.242 e. The molecule has 3 rings (SSSR count). The number of hydrogen-bond donors (Lipinski definition) is 2. The summed E-state index contributed by atoms with van der Waals surface area (Å²) in [6.45, 7) is 5.20. The fourth-order valence-electron chi connectivity index (χ4n) is 4.26. The molecule has 0 saturated carbocycles. The molecule has 2 fully saturated rings. The van der Waals surface area contributed by atoms with Gasteiger partial charge in [-0.15, -0.1) is 0 Å². The van der Waals surface area contributed by atoms with Gasteiger partial charge in [0.15, 0.2) is 0 Å². The predicted molar refractivity (Wildman–Crippen MR) is 127 cm³/mol. The van der Waals surface area contributed by atoms with Crippen molar-refractivity contribution < 1.29 is 27.5 Å². The number of hydrogen-bond acceptors (Lipinski definition) is 6. The SMILES string of the molecule is CCOCC1CCCN1C(=O)CN1CCC[C@H](NS(=O)(=O)c2ccc(NC(C)=O)c(Cl)c2)C1=O. The van der Waals surface area contributed by atoms with E-state index in [1.54, 1.807) is 4.90 Å². The zero-order chi connectivity index (χ0) is 24.9. The number of anilines is 1. The Kier molecular flexibility index (Phi) is 8.91. The smallest absolute Gasteiger partial charge is 0.242 e. The van der Waals surface area contributed by atoms with Gasteiger partial charge in [0, 0.05) is 26.6 Å². The maximum atomic E-state index is 13.0. The van der Waals surface area contributed by atoms with E-state index in [1.807, 2.05) is 6.92 Å². The number of nitrogens with one attached hydrogen (secondary N) is 2. The first-order valence-corrected chi connectivity index (χ1v) is 13.2. The van der Waals surface area contributed by atoms with Gasteiger partial charge in [-0.3, -0.25) is 14.4 Å². The lowest BCUT2D eigenvalue weighted by molar-refractivity contribution is -0.144. The highest BCUT2D eigenvalue weighted by Gasteiger charge is 2.36. The molecule has 1 unspecified atom stereocenters. The highest BCUT2D eigenvalue weighted by Crippen LogP contribution is 2.26. The number of amides is 3. The minimum atomic E-state index is -4.05. The van der Waals surface area contributed by atoms with Gasteiger partial charge in [-0.1, -0.05) is 11.6 Å². The topological polar surface area (TPSA) is 125 Å². The largest absolute Gasteiger partial charge is 0.380 e. The molecule has 2 N–H and O–H groups in total. The van der Waals surface area contributed by atoms with Crippen LogP contribution in [-0.4, -0.2) is 80.9 Å². The van der Waals surface area contributed by atoms with E-state index in [9.17, 15) is 22.8 Å². The van der Waals surface area contributed by atoms with E-state index in [0.29, 0.717) is 39.1 Å². The van der Waals surface area contributed by atoms with Crippen LogP contribution in [-0.2, 0) is 29.1 Å². The fraction of sp³-hybridized carbons (Fsp3) is 0.591. The van der Waals surface area contributed by atoms with Crippen LogP contribution in [0.4, 0.5) is 5.69 Å². The summed E-state index contributed by atoms with van der Waals surface area (Å²) in [5.74, 6) is -0.916. The second kappa shape index (κ2) is 11.5. The van der Waals surface area contributed by atoms with Gasteiger partial charge in [0.05, 0.1) is 34.8 Å². The average molecular weight is 515 g/mol. The number of sulfonamides is 1. The number of halogens is 1. The van der Waals surface area contributed by atoms with Crippen LogP contribution in [0.3, 0.4) is 0 Å². The standard InChI is InChI=1S/C22H31ClN4O6S/c1-3-33-14-16-6-4-11-27(16)21(29)13-26-10-5-7-20(22(26)30)25-34(31,32)17-8-9-19(18(23)12-17)24-15(2)28/h8-9,12,16,20,25H,3-7,10-11,13-14H2,1-2H3,(H,24,28)/t16?,20-/m0/s1. The Morgan fingerprint density at radius 1 is 1.21 bits per heavy atom. The zero-order valence-corrected chi connectivity index (χ0v) is 21.0. The third kappa shape index (κ3) is 6.47. The van der Waals surface area contributed by atoms with Gasteiger partial charge in [0.1, 0.15) is 6.04 Å². The normalized spacial score (nSPS) is 21.1. The van der Waals surface area contributed by atoms with Crippen molar-refractivity contribution in [3.63, 3.8) is 0 Å². The van der Waals surface area contributed by atoms with Crippen molar-refractivity contribution in [1.82, 2.24) is 14.5 Å². The Morgan fingerprint density at radius 2 is 1.94 bits per heavy atom. The first-order chi connectivity index (χ1) is 16.1. The molecule has 0 bridgehead atoms. The van der Waals surface area contributed by atoms with Crippen molar-refractivity contribution in [2.75, 3.05) is 38.2 Å². The highest BCUT2D eigenvalue weighted by atomic mass is 35.5. The minimum absolute atomic E-state index is 0.00635. The summed E-state index contributed by atoms with van der Waals surface area (Å²) in [4.78, 5) is 40.2. The molecular weight excluding hydrogens is 484 g/mol. The average Bonchev–Trinajstić information content (AvgIpc) is 3.24. The Hall–Kier alpha value is -2.21. The quantitative estimate of drug-likeness (QED) is 0.515. The van der Waals surface area contributed by atoms with E-state index in [2.05, 4.69) is 10.0 Å². The summed E-state index contributed by atoms with van der Waals surface area (Å²) >= 11 is 6.10. The Morgan fingerprint density at radius 3 is 2.62 bits per heavy atom. The molecule has 0 radical (unpaired) electrons. The lowest BCUT2D eigenvalue weighted by Crippen LogP contribution is -2.55. The Balaban J connectivity index is 1.65. The van der Waals surface area contributed by atoms with Crippen LogP contribution >= 0.6 is 11.6 Å². The number of benzene rings is 1. The van der Waals surface area contributed by atoms with Crippen LogP contribution in [0.25, 0.3) is 0 Å². The summed E-state index contributed by atoms with van der Waals surface area (Å²) in [5, 5.41) is 2.57. The van der Waals surface area contributed by atoms with Crippen molar-refractivity contribution in [1.29, 1.82) is 0 Å². The van der Waals surface area contributed by atoms with E-state index in [-0.39, 0.29) is 40.0 Å². The van der Waals surface area contributed by atoms with Crippen LogP contribution in [0.1, 0.15) is 39.5 Å². The lowest BCUT2D eigenvalue weighted by atomic mass is 10.1. The number of carbonyl (C=O) groups excluding carboxylic acids is 3. The van der Waals surface area contributed by atoms with Crippen molar-refractivity contribution in [3.8, 4) is 0 Å². The molecule has 2 saturated heterocycles. The monoisotopic (exact) mass is 514 g/mol. The minimum Gasteiger partial charge on any atom is -0.380 e. The van der Waals surface area contributed by atoms with Crippen LogP contribution in [0.15, 0.2) is 23.1 Å². The number of carbonyl (C=O) groups is 3. The van der Waals surface area contributed by atoms with Crippen molar-refractivity contribution in [2.45, 2.75) is 56.5 Å². The molecule has 0 aromatic heterocycles. The third-order valence-electron chi connectivity index (χ3n) is 5.93. The molecule has 1 aromatic rings. The number of likely N-dealkylation sites (tertiary alicyclic amines) is 2. The van der Waals surface area contributed by atoms with Crippen LogP contribution < -0.4 is 10.0 Å². The molecule has 34 heavy (non-hydrogen) atoms. The second-order valence-electron chi connectivity index (χ2n) is 8.44. The van der Waals surface area contributed by atoms with Gasteiger partial charge in [-0.2, -0.15) is 4.72 Å². The number of piperidine rings is 1. The molecule has 2 heterocycles. The number of ether oxygens (including phenoxy) is 1. The van der Waals surface area contributed by atoms with Gasteiger partial charge < -0.3 is 19.9 Å². The first-order valence-electron chi connectivity index (χ1n) is 11.4. The van der Waals surface area contributed by atoms with Crippen LogP contribution in [0.2, 0.25) is 5.02 Å². The highest BCUT2D eigenvalue weighted by molar-refractivity contribution is 7.89. The Bertz CT molecular complexity index is 1030. The molecule has 0 spiro atoms. The molecule has 0 aliphatic carbocycles. The maximum absolute atomic E-state index is 13.0. The molecule has 2 aliphatic heterocycles. The summed E-state index contributed by atoms with van der Waals surface area (Å²) in [7, 11) is -4.05. The molecule has 1 aromatic carbocycles. The Labute approximate surface area is 205 Å². The van der Waals surface area contributed by atoms with E-state index in [0.717, 1.165) is 12.8 Å². The third-order valence-corrected chi connectivity index (χ3v) is 7.71. The van der Waals surface area contributed by atoms with Crippen molar-refractivity contribution in [3.05, 3.63) is 23.2 Å². The van der Waals surface area contributed by atoms with Gasteiger partial charge in [-0.25, -0.2) is 8.42 Å². The summed E-state index contributed by atoms with van der Waals surface area (Å²) in [6, 6.07) is 2.95. The first kappa shape index (κ1) is 26.4. The zero-order valence-electron chi connectivity index (χ0n) is 19.4. The molecule has 2 atom stereocenters. The molecule has 10 nitrogen and oxygen atoms in total. The van der Waals surface area contributed by atoms with E-state index >= 15 is 0 Å². The molecule has 2 aliphatic rings. The van der Waals surface area contributed by atoms with Gasteiger partial charge in [-0.05, 0) is 50.8 Å². The van der Waals surface area contributed by atoms with E-state index in [1.165, 1.54) is 30.0 Å². The molecule has 12 heteroatoms. The number of rotatable bonds is 9. The van der Waals surface area contributed by atoms with Crippen molar-refractivity contribution in [2.24, 2.45) is 0 Å². The van der Waals surface area contributed by atoms with Crippen LogP contribution in [0.5, 0.6) is 0 Å². The summed E-state index contributed by atoms with van der Waals surface area (Å²) in [6.07, 6.45) is 2.66. The summed E-state index contributed by atoms with van der Waals surface area (Å²) < 4.78 is 33.7. The molecular formula is C22H31ClN4O6S. The van der Waals surface area contributed by atoms with Crippen LogP contribution in [0, 0.1) is 0 Å². The predicted octanol–water partition coefficient (Wildman–Crippen LogP) is 1.60. The van der Waals surface area contributed by atoms with Crippen molar-refractivity contribution >= 4 is 45.0 Å². The van der Waals surface area contributed by atoms with Gasteiger partial charge >= 0.3 is 0 Å².